The number of halogens is 1. The molecule has 9 heteroatoms. The van der Waals surface area contributed by atoms with Gasteiger partial charge in [0.1, 0.15) is 5.52 Å². The summed E-state index contributed by atoms with van der Waals surface area (Å²) in [5, 5.41) is 14.4. The zero-order valence-electron chi connectivity index (χ0n) is 16.4. The molecule has 0 aliphatic heterocycles. The summed E-state index contributed by atoms with van der Waals surface area (Å²) in [5.41, 5.74) is 8.86. The number of amides is 1. The Morgan fingerprint density at radius 1 is 1.19 bits per heavy atom. The van der Waals surface area contributed by atoms with Crippen LogP contribution in [0.3, 0.4) is 0 Å². The summed E-state index contributed by atoms with van der Waals surface area (Å²) < 4.78 is 5.74. The highest BCUT2D eigenvalue weighted by Crippen LogP contribution is 2.36. The zero-order chi connectivity index (χ0) is 22.1. The smallest absolute Gasteiger partial charge is 0.300 e. The predicted molar refractivity (Wildman–Crippen MR) is 119 cm³/mol. The maximum atomic E-state index is 11.7. The Bertz CT molecular complexity index is 1320. The van der Waals surface area contributed by atoms with Crippen LogP contribution in [-0.2, 0) is 6.42 Å². The van der Waals surface area contributed by atoms with Gasteiger partial charge >= 0.3 is 0 Å². The molecule has 0 radical (unpaired) electrons. The molecule has 1 aromatic heterocycles. The normalized spacial score (nSPS) is 10.9. The van der Waals surface area contributed by atoms with Gasteiger partial charge in [-0.15, -0.1) is 0 Å². The summed E-state index contributed by atoms with van der Waals surface area (Å²) in [4.78, 5) is 26.8. The fourth-order valence-corrected chi connectivity index (χ4v) is 3.51. The van der Waals surface area contributed by atoms with Gasteiger partial charge < -0.3 is 15.5 Å². The van der Waals surface area contributed by atoms with Crippen LogP contribution in [0.2, 0.25) is 5.02 Å². The lowest BCUT2D eigenvalue weighted by Crippen LogP contribution is -2.12. The number of nitro benzene ring substituents is 1. The number of nitrogens with one attached hydrogen (secondary N) is 1. The number of rotatable bonds is 6. The average molecular weight is 437 g/mol. The van der Waals surface area contributed by atoms with E-state index in [1.54, 1.807) is 18.2 Å². The van der Waals surface area contributed by atoms with E-state index in [0.29, 0.717) is 28.2 Å². The quantitative estimate of drug-likeness (QED) is 0.305. The molecule has 4 rings (SSSR count). The number of aryl methyl sites for hydroxylation is 1. The third-order valence-electron chi connectivity index (χ3n) is 4.85. The Hall–Kier alpha value is -3.91. The van der Waals surface area contributed by atoms with E-state index in [2.05, 4.69) is 17.2 Å². The zero-order valence-corrected chi connectivity index (χ0v) is 17.1. The van der Waals surface area contributed by atoms with E-state index in [4.69, 9.17) is 21.8 Å². The van der Waals surface area contributed by atoms with Gasteiger partial charge in [0, 0.05) is 23.4 Å². The molecule has 0 saturated heterocycles. The molecule has 0 fully saturated rings. The van der Waals surface area contributed by atoms with Crippen LogP contribution in [0.4, 0.5) is 17.4 Å². The van der Waals surface area contributed by atoms with Crippen molar-refractivity contribution in [2.24, 2.45) is 5.73 Å². The summed E-state index contributed by atoms with van der Waals surface area (Å²) in [6.45, 7) is 2.08. The van der Waals surface area contributed by atoms with Gasteiger partial charge in [0.15, 0.2) is 5.58 Å². The number of benzene rings is 3. The van der Waals surface area contributed by atoms with E-state index < -0.39 is 10.8 Å². The van der Waals surface area contributed by atoms with Crippen molar-refractivity contribution >= 4 is 46.0 Å². The van der Waals surface area contributed by atoms with Crippen molar-refractivity contribution in [3.63, 3.8) is 0 Å². The third kappa shape index (κ3) is 4.06. The van der Waals surface area contributed by atoms with Crippen molar-refractivity contribution in [3.8, 4) is 11.1 Å². The van der Waals surface area contributed by atoms with Crippen molar-refractivity contribution in [2.75, 3.05) is 5.32 Å². The van der Waals surface area contributed by atoms with Gasteiger partial charge in [-0.3, -0.25) is 14.9 Å². The number of anilines is 2. The van der Waals surface area contributed by atoms with Crippen LogP contribution in [0.1, 0.15) is 22.8 Å². The molecule has 0 saturated carbocycles. The molecule has 3 aromatic carbocycles. The number of fused-ring (bicyclic) bond motifs is 1. The molecular weight excluding hydrogens is 420 g/mol. The summed E-state index contributed by atoms with van der Waals surface area (Å²) in [6.07, 6.45) is 0.948. The van der Waals surface area contributed by atoms with E-state index in [9.17, 15) is 14.9 Å². The molecule has 0 bridgehead atoms. The van der Waals surface area contributed by atoms with Gasteiger partial charge in [-0.2, -0.15) is 4.98 Å². The first kappa shape index (κ1) is 20.4. The van der Waals surface area contributed by atoms with Crippen LogP contribution in [0, 0.1) is 10.1 Å². The van der Waals surface area contributed by atoms with Crippen LogP contribution in [0.15, 0.2) is 59.0 Å². The van der Waals surface area contributed by atoms with E-state index >= 15 is 0 Å². The monoisotopic (exact) mass is 436 g/mol. The Balaban J connectivity index is 1.73. The van der Waals surface area contributed by atoms with Crippen molar-refractivity contribution in [3.05, 3.63) is 80.9 Å². The van der Waals surface area contributed by atoms with Crippen molar-refractivity contribution in [1.29, 1.82) is 0 Å². The lowest BCUT2D eigenvalue weighted by molar-refractivity contribution is -0.384. The Labute approximate surface area is 181 Å². The van der Waals surface area contributed by atoms with Crippen LogP contribution in [0.25, 0.3) is 22.2 Å². The highest BCUT2D eigenvalue weighted by Gasteiger charge is 2.20. The summed E-state index contributed by atoms with van der Waals surface area (Å²) in [7, 11) is 0. The SMILES string of the molecule is CCc1ccc(Nc2nc3cc(-c4cc([N+](=O)[O-])cc(C(N)=O)c4Cl)ccc3o2)cc1. The van der Waals surface area contributed by atoms with Crippen LogP contribution in [-0.4, -0.2) is 15.8 Å². The molecule has 0 spiro atoms. The second-order valence-corrected chi connectivity index (χ2v) is 7.23. The first-order valence-electron chi connectivity index (χ1n) is 9.40. The third-order valence-corrected chi connectivity index (χ3v) is 5.25. The average Bonchev–Trinajstić information content (AvgIpc) is 3.15. The fourth-order valence-electron chi connectivity index (χ4n) is 3.20. The highest BCUT2D eigenvalue weighted by molar-refractivity contribution is 6.36. The molecule has 0 aliphatic carbocycles. The second-order valence-electron chi connectivity index (χ2n) is 6.85. The molecule has 31 heavy (non-hydrogen) atoms. The number of non-ortho nitro benzene ring substituents is 1. The minimum Gasteiger partial charge on any atom is -0.423 e. The predicted octanol–water partition coefficient (Wildman–Crippen LogP) is 5.46. The highest BCUT2D eigenvalue weighted by atomic mass is 35.5. The molecule has 0 unspecified atom stereocenters. The molecule has 4 aromatic rings. The van der Waals surface area contributed by atoms with Gasteiger partial charge in [0.05, 0.1) is 15.5 Å². The number of primary amides is 1. The van der Waals surface area contributed by atoms with Crippen LogP contribution >= 0.6 is 11.6 Å². The molecule has 1 heterocycles. The lowest BCUT2D eigenvalue weighted by Gasteiger charge is -2.08. The Morgan fingerprint density at radius 2 is 1.94 bits per heavy atom. The number of nitrogens with two attached hydrogens (primary N) is 1. The maximum Gasteiger partial charge on any atom is 0.300 e. The number of carbonyl (C=O) groups is 1. The van der Waals surface area contributed by atoms with Gasteiger partial charge in [0.25, 0.3) is 11.7 Å². The summed E-state index contributed by atoms with van der Waals surface area (Å²) >= 11 is 6.32. The number of carbonyl (C=O) groups excluding carboxylic acids is 1. The second kappa shape index (κ2) is 8.08. The van der Waals surface area contributed by atoms with Crippen molar-refractivity contribution < 1.29 is 14.1 Å². The molecule has 3 N–H and O–H groups in total. The van der Waals surface area contributed by atoms with Gasteiger partial charge in [-0.25, -0.2) is 0 Å². The Kier molecular flexibility index (Phi) is 5.31. The summed E-state index contributed by atoms with van der Waals surface area (Å²) in [6, 6.07) is 15.6. The standard InChI is InChI=1S/C22H17ClN4O4/c1-2-12-3-6-14(7-4-12)25-22-26-18-9-13(5-8-19(18)31-22)16-10-15(27(29)30)11-17(20(16)23)21(24)28/h3-11H,2H2,1H3,(H2,24,28)(H,25,26). The van der Waals surface area contributed by atoms with Gasteiger partial charge in [-0.1, -0.05) is 36.7 Å². The number of nitrogens with zero attached hydrogens (tertiary/aromatic N) is 2. The first-order valence-corrected chi connectivity index (χ1v) is 9.78. The molecule has 156 valence electrons. The number of aromatic nitrogens is 1. The van der Waals surface area contributed by atoms with E-state index in [-0.39, 0.29) is 16.3 Å². The molecule has 0 atom stereocenters. The minimum absolute atomic E-state index is 0.0373. The lowest BCUT2D eigenvalue weighted by atomic mass is 10.0. The Morgan fingerprint density at radius 3 is 2.58 bits per heavy atom. The van der Waals surface area contributed by atoms with E-state index in [1.807, 2.05) is 24.3 Å². The molecule has 8 nitrogen and oxygen atoms in total. The molecule has 1 amide bonds. The van der Waals surface area contributed by atoms with Gasteiger partial charge in [0.2, 0.25) is 5.91 Å². The number of hydrogen-bond donors (Lipinski definition) is 2. The minimum atomic E-state index is -0.849. The summed E-state index contributed by atoms with van der Waals surface area (Å²) in [5.74, 6) is -0.849. The molecular formula is C22H17ClN4O4. The maximum absolute atomic E-state index is 11.7. The van der Waals surface area contributed by atoms with Crippen molar-refractivity contribution in [2.45, 2.75) is 13.3 Å². The van der Waals surface area contributed by atoms with Crippen LogP contribution in [0.5, 0.6) is 0 Å². The number of oxazole rings is 1. The number of nitro groups is 1. The van der Waals surface area contributed by atoms with Gasteiger partial charge in [-0.05, 0) is 41.8 Å². The van der Waals surface area contributed by atoms with Crippen LogP contribution < -0.4 is 11.1 Å². The topological polar surface area (TPSA) is 124 Å². The van der Waals surface area contributed by atoms with E-state index in [1.165, 1.54) is 11.6 Å². The first-order chi connectivity index (χ1) is 14.9. The largest absolute Gasteiger partial charge is 0.423 e. The molecule has 0 aliphatic rings. The van der Waals surface area contributed by atoms with Crippen molar-refractivity contribution in [1.82, 2.24) is 4.98 Å². The van der Waals surface area contributed by atoms with E-state index in [0.717, 1.165) is 18.2 Å². The fraction of sp³-hybridized carbons (Fsp3) is 0.0909. The number of hydrogen-bond acceptors (Lipinski definition) is 6.